The molecule has 3 aromatic rings. The molecule has 1 radical (unpaired) electrons. The molecule has 0 unspecified atom stereocenters. The van der Waals surface area contributed by atoms with Crippen LogP contribution in [-0.2, 0) is 41.9 Å². The Hall–Kier alpha value is -2.67. The van der Waals surface area contributed by atoms with Crippen LogP contribution in [0.4, 0.5) is 13.2 Å². The third-order valence-electron chi connectivity index (χ3n) is 5.48. The van der Waals surface area contributed by atoms with Crippen LogP contribution in [0.2, 0.25) is 0 Å². The van der Waals surface area contributed by atoms with Crippen molar-refractivity contribution in [2.75, 3.05) is 19.1 Å². The fraction of sp³-hybridized carbons (Fsp3) is 0.276. The Labute approximate surface area is 276 Å². The van der Waals surface area contributed by atoms with Gasteiger partial charge >= 0.3 is 21.5 Å². The number of esters is 1. The van der Waals surface area contributed by atoms with Crippen molar-refractivity contribution in [3.8, 4) is 0 Å². The normalized spacial score (nSPS) is 12.9. The number of hydrogen-bond donors (Lipinski definition) is 0. The van der Waals surface area contributed by atoms with Crippen LogP contribution in [-0.4, -0.2) is 56.9 Å². The third kappa shape index (κ3) is 13.1. The number of rotatable bonds is 12. The number of ether oxygens (including phenoxy) is 1. The first-order valence-electron chi connectivity index (χ1n) is 12.7. The van der Waals surface area contributed by atoms with Crippen LogP contribution in [0, 0.1) is 0 Å². The molecule has 3 rings (SSSR count). The van der Waals surface area contributed by atoms with E-state index in [-0.39, 0.29) is 28.8 Å². The van der Waals surface area contributed by atoms with Crippen LogP contribution in [0.5, 0.6) is 0 Å². The minimum atomic E-state index is -5.94. The molecular formula is C29H30AuF3N2O6PS2-2. The number of methoxy groups -OCH3 is 1. The van der Waals surface area contributed by atoms with Gasteiger partial charge in [-0.2, -0.15) is 37.7 Å². The number of sulfonamides is 1. The zero-order valence-corrected chi connectivity index (χ0v) is 28.3. The molecule has 15 heteroatoms. The van der Waals surface area contributed by atoms with Crippen LogP contribution >= 0.6 is 19.7 Å². The molecule has 0 aliphatic rings. The maximum atomic E-state index is 12.0. The first-order valence-corrected chi connectivity index (χ1v) is 16.9. The van der Waals surface area contributed by atoms with Gasteiger partial charge in [0.1, 0.15) is 6.04 Å². The minimum absolute atomic E-state index is 0. The molecule has 8 nitrogen and oxygen atoms in total. The summed E-state index contributed by atoms with van der Waals surface area (Å²) >= 11 is 1.39. The van der Waals surface area contributed by atoms with Gasteiger partial charge in [0, 0.05) is 22.4 Å². The van der Waals surface area contributed by atoms with Crippen LogP contribution in [0.15, 0.2) is 100 Å². The Morgan fingerprint density at radius 2 is 1.27 bits per heavy atom. The predicted octanol–water partition coefficient (Wildman–Crippen LogP) is 2.87. The second-order valence-corrected chi connectivity index (χ2v) is 13.4. The molecule has 0 bridgehead atoms. The van der Waals surface area contributed by atoms with Crippen molar-refractivity contribution in [3.05, 3.63) is 91.0 Å². The molecule has 0 heterocycles. The Morgan fingerprint density at radius 1 is 0.864 bits per heavy atom. The van der Waals surface area contributed by atoms with Gasteiger partial charge in [0.2, 0.25) is 0 Å². The summed E-state index contributed by atoms with van der Waals surface area (Å²) in [4.78, 5) is 14.9. The Bertz CT molecular complexity index is 1360. The molecular weight excluding hydrogens is 821 g/mol. The topological polar surface area (TPSA) is 131 Å². The van der Waals surface area contributed by atoms with E-state index in [4.69, 9.17) is 0 Å². The zero-order valence-electron chi connectivity index (χ0n) is 23.6. The predicted molar refractivity (Wildman–Crippen MR) is 163 cm³/mol. The number of carbonyl (C=O) groups is 1. The van der Waals surface area contributed by atoms with Gasteiger partial charge < -0.3 is 14.9 Å². The quantitative estimate of drug-likeness (QED) is 0.0902. The number of carbonyl (C=O) groups excluding carboxylic acids is 1. The third-order valence-corrected chi connectivity index (χ3v) is 9.60. The summed E-state index contributed by atoms with van der Waals surface area (Å²) < 4.78 is 63.9. The number of hydrogen-bond acceptors (Lipinski definition) is 8. The summed E-state index contributed by atoms with van der Waals surface area (Å²) in [6, 6.07) is 31.2. The standard InChI is InChI=1S/C18H15P.C11H17F3N2O6S2.Au/c1-4-10-16(11-5-1)19(17-12-6-2-7-13-17)18-14-8-3-9-15-18;1-22-10(19)7(5-6-23-2)15-8(17)3-4-9(18)16-24(20,21)11(12,13)14;/h1-15H;7H,3-6H2,1-2H3,(H,15,17)(H,16,18);/p-2/t;7-;/m.0./s1. The van der Waals surface area contributed by atoms with Crippen molar-refractivity contribution < 1.29 is 63.7 Å². The first-order chi connectivity index (χ1) is 20.4. The molecule has 0 aromatic heterocycles. The number of halogens is 3. The van der Waals surface area contributed by atoms with Gasteiger partial charge in [-0.25, -0.2) is 4.79 Å². The summed E-state index contributed by atoms with van der Waals surface area (Å²) in [5.41, 5.74) is -5.69. The van der Waals surface area contributed by atoms with E-state index in [2.05, 4.69) is 105 Å². The summed E-state index contributed by atoms with van der Waals surface area (Å²) in [5.74, 6) is -2.85. The van der Waals surface area contributed by atoms with E-state index >= 15 is 0 Å². The van der Waals surface area contributed by atoms with E-state index in [1.165, 1.54) is 27.7 Å². The van der Waals surface area contributed by atoms with Crippen molar-refractivity contribution >= 4 is 63.4 Å². The first kappa shape index (κ1) is 39.4. The van der Waals surface area contributed by atoms with E-state index in [1.807, 2.05) is 0 Å². The summed E-state index contributed by atoms with van der Waals surface area (Å²) in [6.07, 6.45) is 0.397. The van der Waals surface area contributed by atoms with Crippen LogP contribution < -0.4 is 26.1 Å². The van der Waals surface area contributed by atoms with Crippen molar-refractivity contribution in [1.82, 2.24) is 0 Å². The second kappa shape index (κ2) is 19.7. The number of nitrogens with zero attached hydrogens (tertiary/aromatic N) is 2. The molecule has 3 aromatic carbocycles. The van der Waals surface area contributed by atoms with Crippen LogP contribution in [0.1, 0.15) is 19.3 Å². The molecule has 0 aliphatic heterocycles. The smallest absolute Gasteiger partial charge is 0.518 e. The average Bonchev–Trinajstić information content (AvgIpc) is 2.99. The molecule has 0 aliphatic carbocycles. The summed E-state index contributed by atoms with van der Waals surface area (Å²) in [5, 5.41) is 26.9. The molecule has 243 valence electrons. The van der Waals surface area contributed by atoms with E-state index in [0.29, 0.717) is 5.75 Å². The number of benzene rings is 3. The molecule has 44 heavy (non-hydrogen) atoms. The van der Waals surface area contributed by atoms with Gasteiger partial charge in [-0.05, 0) is 66.9 Å². The second-order valence-electron chi connectivity index (χ2n) is 8.59. The van der Waals surface area contributed by atoms with E-state index < -0.39 is 60.1 Å². The van der Waals surface area contributed by atoms with Crippen LogP contribution in [0.3, 0.4) is 0 Å². The van der Waals surface area contributed by atoms with E-state index in [1.54, 1.807) is 6.26 Å². The molecule has 0 amide bonds. The molecule has 0 N–H and O–H groups in total. The number of aliphatic imine (C=N–C) groups is 1. The van der Waals surface area contributed by atoms with E-state index in [0.717, 1.165) is 7.11 Å². The van der Waals surface area contributed by atoms with Crippen molar-refractivity contribution in [2.45, 2.75) is 30.8 Å². The monoisotopic (exact) mass is 851 g/mol. The Balaban J connectivity index is 0.000000438. The van der Waals surface area contributed by atoms with Gasteiger partial charge in [-0.1, -0.05) is 91.0 Å². The Morgan fingerprint density at radius 3 is 1.64 bits per heavy atom. The fourth-order valence-corrected chi connectivity index (χ4v) is 6.69. The molecule has 0 spiro atoms. The zero-order chi connectivity index (χ0) is 31.9. The average molecular weight is 852 g/mol. The van der Waals surface area contributed by atoms with Gasteiger partial charge in [0.15, 0.2) is 0 Å². The number of thioether (sulfide) groups is 1. The Kier molecular flexibility index (Phi) is 17.6. The SMILES string of the molecule is COC(=O)[C@H](CCSC)N=C([O-])CC/C([O-])=N/S(=O)(=O)C(F)(F)F.[Au].c1ccc(P(c2ccccc2)c2ccccc2)cc1. The van der Waals surface area contributed by atoms with Crippen molar-refractivity contribution in [3.63, 3.8) is 0 Å². The summed E-state index contributed by atoms with van der Waals surface area (Å²) in [7, 11) is -5.29. The fourth-order valence-electron chi connectivity index (χ4n) is 3.46. The van der Waals surface area contributed by atoms with Gasteiger partial charge in [-0.15, -0.1) is 0 Å². The van der Waals surface area contributed by atoms with Gasteiger partial charge in [0.05, 0.1) is 7.11 Å². The molecule has 0 fully saturated rings. The van der Waals surface area contributed by atoms with Crippen LogP contribution in [0.25, 0.3) is 0 Å². The van der Waals surface area contributed by atoms with E-state index in [9.17, 15) is 36.6 Å². The largest absolute Gasteiger partial charge is 0.862 e. The summed E-state index contributed by atoms with van der Waals surface area (Å²) in [6.45, 7) is 0. The molecule has 1 atom stereocenters. The van der Waals surface area contributed by atoms with Gasteiger partial charge in [-0.3, -0.25) is 4.99 Å². The maximum Gasteiger partial charge on any atom is 0.518 e. The van der Waals surface area contributed by atoms with Gasteiger partial charge in [0.25, 0.3) is 0 Å². The number of alkyl halides is 3. The van der Waals surface area contributed by atoms with Crippen molar-refractivity contribution in [1.29, 1.82) is 0 Å². The molecule has 0 saturated carbocycles. The minimum Gasteiger partial charge on any atom is -0.862 e. The van der Waals surface area contributed by atoms with Crippen molar-refractivity contribution in [2.24, 2.45) is 9.39 Å². The maximum absolute atomic E-state index is 12.0. The molecule has 0 saturated heterocycles.